The van der Waals surface area contributed by atoms with Crippen LogP contribution >= 0.6 is 0 Å². The zero-order valence-electron chi connectivity index (χ0n) is 16.8. The molecule has 0 spiro atoms. The van der Waals surface area contributed by atoms with Gasteiger partial charge in [-0.05, 0) is 33.3 Å². The van der Waals surface area contributed by atoms with E-state index in [1.165, 1.54) is 12.2 Å². The van der Waals surface area contributed by atoms with E-state index in [-0.39, 0.29) is 5.92 Å². The highest BCUT2D eigenvalue weighted by Gasteiger charge is 2.60. The summed E-state index contributed by atoms with van der Waals surface area (Å²) in [4.78, 5) is 24.2. The Balaban J connectivity index is 2.06. The molecule has 2 N–H and O–H groups in total. The fourth-order valence-electron chi connectivity index (χ4n) is 4.05. The topological polar surface area (TPSA) is 102 Å². The first kappa shape index (κ1) is 21.9. The van der Waals surface area contributed by atoms with Crippen LogP contribution in [0.25, 0.3) is 0 Å². The van der Waals surface area contributed by atoms with Crippen LogP contribution in [-0.4, -0.2) is 58.3 Å². The molecule has 0 bridgehead atoms. The van der Waals surface area contributed by atoms with E-state index in [0.29, 0.717) is 6.42 Å². The Morgan fingerprint density at radius 3 is 2.67 bits per heavy atom. The minimum absolute atomic E-state index is 0.354. The molecule has 0 unspecified atom stereocenters. The Hall–Kier alpha value is -1.44. The summed E-state index contributed by atoms with van der Waals surface area (Å²) in [5.41, 5.74) is -1.05. The van der Waals surface area contributed by atoms with Crippen molar-refractivity contribution in [1.29, 1.82) is 0 Å². The Bertz CT molecular complexity index is 575. The second kappa shape index (κ2) is 8.71. The predicted octanol–water partition coefficient (Wildman–Crippen LogP) is 1.74. The maximum atomic E-state index is 12.2. The molecule has 0 amide bonds. The number of rotatable bonds is 6. The van der Waals surface area contributed by atoms with E-state index in [2.05, 4.69) is 0 Å². The normalized spacial score (nSPS) is 40.3. The van der Waals surface area contributed by atoms with E-state index in [1.807, 2.05) is 13.8 Å². The maximum Gasteiger partial charge on any atom is 0.330 e. The number of ether oxygens (including phenoxy) is 3. The lowest BCUT2D eigenvalue weighted by Crippen LogP contribution is -2.70. The van der Waals surface area contributed by atoms with Crippen molar-refractivity contribution in [3.63, 3.8) is 0 Å². The van der Waals surface area contributed by atoms with Crippen molar-refractivity contribution >= 4 is 11.9 Å². The molecule has 2 heterocycles. The first-order valence-corrected chi connectivity index (χ1v) is 9.75. The molecule has 0 aliphatic carbocycles. The van der Waals surface area contributed by atoms with Gasteiger partial charge in [0.05, 0.1) is 24.2 Å². The van der Waals surface area contributed by atoms with Gasteiger partial charge in [0, 0.05) is 12.0 Å². The van der Waals surface area contributed by atoms with Crippen molar-refractivity contribution in [2.24, 2.45) is 11.8 Å². The summed E-state index contributed by atoms with van der Waals surface area (Å²) in [6.07, 6.45) is 1.54. The Morgan fingerprint density at radius 2 is 2.04 bits per heavy atom. The second-order valence-electron chi connectivity index (χ2n) is 7.93. The third-order valence-electron chi connectivity index (χ3n) is 5.70. The zero-order valence-corrected chi connectivity index (χ0v) is 16.8. The summed E-state index contributed by atoms with van der Waals surface area (Å²) in [5.74, 6) is -2.11. The van der Waals surface area contributed by atoms with Gasteiger partial charge >= 0.3 is 11.9 Å². The molecule has 2 saturated heterocycles. The molecule has 7 nitrogen and oxygen atoms in total. The summed E-state index contributed by atoms with van der Waals surface area (Å²) in [6, 6.07) is 0. The van der Waals surface area contributed by atoms with Crippen LogP contribution in [-0.2, 0) is 23.8 Å². The molecule has 27 heavy (non-hydrogen) atoms. The minimum Gasteiger partial charge on any atom is -0.458 e. The molecule has 0 radical (unpaired) electrons. The molecule has 0 aromatic heterocycles. The molecule has 0 saturated carbocycles. The number of aliphatic hydroxyl groups excluding tert-OH is 2. The van der Waals surface area contributed by atoms with Gasteiger partial charge < -0.3 is 24.4 Å². The summed E-state index contributed by atoms with van der Waals surface area (Å²) in [7, 11) is 0. The highest BCUT2D eigenvalue weighted by molar-refractivity contribution is 5.82. The number of fused-ring (bicyclic) bond motifs is 1. The molecule has 2 fully saturated rings. The van der Waals surface area contributed by atoms with Crippen LogP contribution in [0.3, 0.4) is 0 Å². The van der Waals surface area contributed by atoms with Gasteiger partial charge in [0.25, 0.3) is 0 Å². The van der Waals surface area contributed by atoms with Gasteiger partial charge in [-0.25, -0.2) is 4.79 Å². The number of hydrogen-bond acceptors (Lipinski definition) is 7. The predicted molar refractivity (Wildman–Crippen MR) is 97.7 cm³/mol. The fourth-order valence-corrected chi connectivity index (χ4v) is 4.05. The van der Waals surface area contributed by atoms with Crippen LogP contribution in [0.15, 0.2) is 12.2 Å². The lowest BCUT2D eigenvalue weighted by atomic mass is 9.73. The summed E-state index contributed by atoms with van der Waals surface area (Å²) < 4.78 is 17.0. The first-order chi connectivity index (χ1) is 12.6. The minimum atomic E-state index is -1.05. The van der Waals surface area contributed by atoms with Crippen LogP contribution in [0.4, 0.5) is 0 Å². The fraction of sp³-hybridized carbons (Fsp3) is 0.800. The largest absolute Gasteiger partial charge is 0.458 e. The lowest BCUT2D eigenvalue weighted by Gasteiger charge is -2.54. The van der Waals surface area contributed by atoms with E-state index in [9.17, 15) is 19.8 Å². The number of unbranched alkanes of at least 4 members (excludes halogenated alkanes) is 1. The summed E-state index contributed by atoms with van der Waals surface area (Å²) in [5, 5.41) is 20.4. The summed E-state index contributed by atoms with van der Waals surface area (Å²) in [6.45, 7) is 8.94. The van der Waals surface area contributed by atoms with Gasteiger partial charge in [-0.3, -0.25) is 4.79 Å². The third-order valence-corrected chi connectivity index (χ3v) is 5.70. The quantitative estimate of drug-likeness (QED) is 0.531. The van der Waals surface area contributed by atoms with E-state index >= 15 is 0 Å². The summed E-state index contributed by atoms with van der Waals surface area (Å²) >= 11 is 0. The van der Waals surface area contributed by atoms with Crippen molar-refractivity contribution < 1.29 is 34.0 Å². The third kappa shape index (κ3) is 4.52. The van der Waals surface area contributed by atoms with Gasteiger partial charge in [-0.2, -0.15) is 0 Å². The van der Waals surface area contributed by atoms with E-state index in [1.54, 1.807) is 20.8 Å². The van der Waals surface area contributed by atoms with Gasteiger partial charge in [0.1, 0.15) is 17.8 Å². The number of aliphatic hydroxyl groups is 2. The van der Waals surface area contributed by atoms with Gasteiger partial charge in [0.2, 0.25) is 0 Å². The van der Waals surface area contributed by atoms with Crippen molar-refractivity contribution in [3.8, 4) is 0 Å². The molecule has 2 aliphatic heterocycles. The highest BCUT2D eigenvalue weighted by Crippen LogP contribution is 2.43. The molecule has 7 heteroatoms. The molecule has 2 rings (SSSR count). The van der Waals surface area contributed by atoms with Gasteiger partial charge in [0.15, 0.2) is 0 Å². The van der Waals surface area contributed by atoms with Crippen molar-refractivity contribution in [1.82, 2.24) is 0 Å². The van der Waals surface area contributed by atoms with Crippen molar-refractivity contribution in [3.05, 3.63) is 12.2 Å². The molecule has 0 aromatic rings. The monoisotopic (exact) mass is 384 g/mol. The lowest BCUT2D eigenvalue weighted by molar-refractivity contribution is -0.298. The molecule has 0 aromatic carbocycles. The Labute approximate surface area is 160 Å². The van der Waals surface area contributed by atoms with Crippen LogP contribution < -0.4 is 0 Å². The van der Waals surface area contributed by atoms with Crippen LogP contribution in [0, 0.1) is 11.8 Å². The standard InChI is InChI=1S/C20H32O7/c1-6-7-8-14(21)9-10-15(22)25-16-11(2)18-20(5,27-13(16)4)17(23)12(3)19(24)26-18/h9-14,16-18,21,23H,6-8H2,1-5H3/b10-9+/t11-,12+,13+,14+,16-,17+,18+,20-/m1/s1. The van der Waals surface area contributed by atoms with Gasteiger partial charge in [-0.1, -0.05) is 26.7 Å². The number of carbonyl (C=O) groups is 2. The number of hydrogen-bond donors (Lipinski definition) is 2. The molecular formula is C20H32O7. The highest BCUT2D eigenvalue weighted by atomic mass is 16.6. The van der Waals surface area contributed by atoms with Gasteiger partial charge in [-0.15, -0.1) is 0 Å². The SMILES string of the molecule is CCCC[C@H](O)/C=C/C(=O)O[C@@H]1[C@@H](C)[C@@H]2OC(=O)[C@@H](C)[C@H](O)[C@@]2(C)O[C@H]1C. The molecule has 8 atom stereocenters. The smallest absolute Gasteiger partial charge is 0.330 e. The zero-order chi connectivity index (χ0) is 20.4. The molecular weight excluding hydrogens is 352 g/mol. The van der Waals surface area contributed by atoms with E-state index < -0.39 is 54.0 Å². The maximum absolute atomic E-state index is 12.2. The second-order valence-corrected chi connectivity index (χ2v) is 7.93. The van der Waals surface area contributed by atoms with Crippen LogP contribution in [0.2, 0.25) is 0 Å². The molecule has 154 valence electrons. The molecule has 2 aliphatic rings. The Morgan fingerprint density at radius 1 is 1.37 bits per heavy atom. The van der Waals surface area contributed by atoms with E-state index in [4.69, 9.17) is 14.2 Å². The van der Waals surface area contributed by atoms with Crippen LogP contribution in [0.5, 0.6) is 0 Å². The van der Waals surface area contributed by atoms with Crippen molar-refractivity contribution in [2.45, 2.75) is 90.0 Å². The first-order valence-electron chi connectivity index (χ1n) is 9.75. The van der Waals surface area contributed by atoms with Crippen molar-refractivity contribution in [2.75, 3.05) is 0 Å². The number of carbonyl (C=O) groups excluding carboxylic acids is 2. The Kier molecular flexibility index (Phi) is 7.05. The average molecular weight is 384 g/mol. The van der Waals surface area contributed by atoms with E-state index in [0.717, 1.165) is 12.8 Å². The number of esters is 2. The van der Waals surface area contributed by atoms with Crippen LogP contribution in [0.1, 0.15) is 53.9 Å². The average Bonchev–Trinajstić information content (AvgIpc) is 2.62.